The van der Waals surface area contributed by atoms with Crippen molar-refractivity contribution in [1.29, 1.82) is 0 Å². The standard InChI is InChI=1S/C11H18N2O4/c1-10(2,6-17-5)13-8(15)11(3,4)7(14)12-9(13)16/h6H2,1-5H3,(H,12,14,16). The molecule has 0 spiro atoms. The van der Waals surface area contributed by atoms with Crippen molar-refractivity contribution >= 4 is 17.8 Å². The van der Waals surface area contributed by atoms with E-state index in [2.05, 4.69) is 5.32 Å². The van der Waals surface area contributed by atoms with E-state index in [1.165, 1.54) is 21.0 Å². The van der Waals surface area contributed by atoms with E-state index in [0.29, 0.717) is 0 Å². The van der Waals surface area contributed by atoms with Gasteiger partial charge in [0.1, 0.15) is 5.41 Å². The summed E-state index contributed by atoms with van der Waals surface area (Å²) in [6, 6.07) is -0.693. The third-order valence-electron chi connectivity index (χ3n) is 2.83. The van der Waals surface area contributed by atoms with Crippen molar-refractivity contribution in [1.82, 2.24) is 10.2 Å². The molecule has 4 amide bonds. The number of nitrogens with one attached hydrogen (secondary N) is 1. The first-order chi connectivity index (χ1) is 7.64. The zero-order chi connectivity index (χ0) is 13.4. The third kappa shape index (κ3) is 2.17. The molecule has 1 saturated heterocycles. The molecule has 0 aromatic rings. The molecule has 6 nitrogen and oxygen atoms in total. The van der Waals surface area contributed by atoms with Gasteiger partial charge >= 0.3 is 6.03 Å². The van der Waals surface area contributed by atoms with Crippen LogP contribution >= 0.6 is 0 Å². The maximum Gasteiger partial charge on any atom is 0.331 e. The van der Waals surface area contributed by atoms with Crippen molar-refractivity contribution in [2.24, 2.45) is 5.41 Å². The Kier molecular flexibility index (Phi) is 3.29. The van der Waals surface area contributed by atoms with Gasteiger partial charge in [-0.05, 0) is 27.7 Å². The highest BCUT2D eigenvalue weighted by Gasteiger charge is 2.51. The number of ether oxygens (including phenoxy) is 1. The maximum absolute atomic E-state index is 12.2. The molecular weight excluding hydrogens is 224 g/mol. The Bertz CT molecular complexity index is 374. The highest BCUT2D eigenvalue weighted by molar-refractivity contribution is 6.18. The zero-order valence-corrected chi connectivity index (χ0v) is 10.8. The molecule has 96 valence electrons. The first-order valence-electron chi connectivity index (χ1n) is 5.33. The van der Waals surface area contributed by atoms with Crippen LogP contribution in [0.2, 0.25) is 0 Å². The van der Waals surface area contributed by atoms with E-state index in [1.54, 1.807) is 13.8 Å². The minimum atomic E-state index is -1.24. The number of nitrogens with zero attached hydrogens (tertiary/aromatic N) is 1. The van der Waals surface area contributed by atoms with Crippen LogP contribution < -0.4 is 5.32 Å². The lowest BCUT2D eigenvalue weighted by Gasteiger charge is -2.43. The average Bonchev–Trinajstić information content (AvgIpc) is 2.14. The molecule has 17 heavy (non-hydrogen) atoms. The van der Waals surface area contributed by atoms with Crippen LogP contribution in [0.3, 0.4) is 0 Å². The lowest BCUT2D eigenvalue weighted by atomic mass is 9.86. The molecule has 0 saturated carbocycles. The highest BCUT2D eigenvalue weighted by Crippen LogP contribution is 2.28. The molecule has 1 aliphatic heterocycles. The van der Waals surface area contributed by atoms with Crippen molar-refractivity contribution in [3.63, 3.8) is 0 Å². The quantitative estimate of drug-likeness (QED) is 0.732. The summed E-state index contributed by atoms with van der Waals surface area (Å²) >= 11 is 0. The number of methoxy groups -OCH3 is 1. The topological polar surface area (TPSA) is 75.7 Å². The van der Waals surface area contributed by atoms with Gasteiger partial charge in [0.25, 0.3) is 0 Å². The summed E-state index contributed by atoms with van der Waals surface area (Å²) in [5.41, 5.74) is -2.03. The largest absolute Gasteiger partial charge is 0.382 e. The fourth-order valence-corrected chi connectivity index (χ4v) is 1.75. The summed E-state index contributed by atoms with van der Waals surface area (Å²) in [4.78, 5) is 36.5. The summed E-state index contributed by atoms with van der Waals surface area (Å²) in [6.07, 6.45) is 0. The molecule has 6 heteroatoms. The summed E-state index contributed by atoms with van der Waals surface area (Å²) in [5.74, 6) is -1.08. The Morgan fingerprint density at radius 3 is 2.29 bits per heavy atom. The number of imide groups is 2. The normalized spacial score (nSPS) is 20.5. The minimum Gasteiger partial charge on any atom is -0.382 e. The number of hydrogen-bond acceptors (Lipinski definition) is 4. The van der Waals surface area contributed by atoms with Crippen LogP contribution in [-0.4, -0.2) is 42.0 Å². The molecule has 1 rings (SSSR count). The number of carbonyl (C=O) groups excluding carboxylic acids is 3. The van der Waals surface area contributed by atoms with Gasteiger partial charge < -0.3 is 4.74 Å². The average molecular weight is 242 g/mol. The Hall–Kier alpha value is -1.43. The molecule has 0 aromatic carbocycles. The van der Waals surface area contributed by atoms with Gasteiger partial charge in [-0.3, -0.25) is 19.8 Å². The van der Waals surface area contributed by atoms with E-state index >= 15 is 0 Å². The van der Waals surface area contributed by atoms with E-state index < -0.39 is 28.8 Å². The SMILES string of the molecule is COCC(C)(C)N1C(=O)NC(=O)C(C)(C)C1=O. The van der Waals surface area contributed by atoms with Crippen LogP contribution in [0, 0.1) is 5.41 Å². The molecule has 0 unspecified atom stereocenters. The summed E-state index contributed by atoms with van der Waals surface area (Å²) in [6.45, 7) is 6.61. The second kappa shape index (κ2) is 4.10. The first-order valence-corrected chi connectivity index (χ1v) is 5.33. The molecule has 0 bridgehead atoms. The van der Waals surface area contributed by atoms with Gasteiger partial charge in [0.05, 0.1) is 12.1 Å². The number of rotatable bonds is 3. The van der Waals surface area contributed by atoms with Gasteiger partial charge in [-0.25, -0.2) is 4.79 Å². The van der Waals surface area contributed by atoms with E-state index in [1.807, 2.05) is 0 Å². The van der Waals surface area contributed by atoms with Gasteiger partial charge in [-0.15, -0.1) is 0 Å². The van der Waals surface area contributed by atoms with Crippen molar-refractivity contribution in [2.45, 2.75) is 33.2 Å². The third-order valence-corrected chi connectivity index (χ3v) is 2.83. The summed E-state index contributed by atoms with van der Waals surface area (Å²) in [7, 11) is 1.49. The predicted molar refractivity (Wildman–Crippen MR) is 60.1 cm³/mol. The number of urea groups is 1. The van der Waals surface area contributed by atoms with Crippen LogP contribution in [0.5, 0.6) is 0 Å². The minimum absolute atomic E-state index is 0.205. The lowest BCUT2D eigenvalue weighted by molar-refractivity contribution is -0.153. The van der Waals surface area contributed by atoms with E-state index in [-0.39, 0.29) is 6.61 Å². The Morgan fingerprint density at radius 1 is 1.29 bits per heavy atom. The Balaban J connectivity index is 3.12. The van der Waals surface area contributed by atoms with Gasteiger partial charge in [0.2, 0.25) is 11.8 Å². The van der Waals surface area contributed by atoms with Crippen molar-refractivity contribution < 1.29 is 19.1 Å². The van der Waals surface area contributed by atoms with E-state index in [4.69, 9.17) is 4.74 Å². The number of hydrogen-bond donors (Lipinski definition) is 1. The van der Waals surface area contributed by atoms with Crippen molar-refractivity contribution in [2.75, 3.05) is 13.7 Å². The van der Waals surface area contributed by atoms with Crippen molar-refractivity contribution in [3.8, 4) is 0 Å². The predicted octanol–water partition coefficient (Wildman–Crippen LogP) is 0.516. The molecule has 1 aliphatic rings. The molecule has 1 heterocycles. The fourth-order valence-electron chi connectivity index (χ4n) is 1.75. The number of barbiturate groups is 1. The maximum atomic E-state index is 12.2. The van der Waals surface area contributed by atoms with Gasteiger partial charge in [-0.1, -0.05) is 0 Å². The van der Waals surface area contributed by atoms with Crippen molar-refractivity contribution in [3.05, 3.63) is 0 Å². The smallest absolute Gasteiger partial charge is 0.331 e. The summed E-state index contributed by atoms with van der Waals surface area (Å²) in [5, 5.41) is 2.19. The number of amides is 4. The fraction of sp³-hybridized carbons (Fsp3) is 0.727. The van der Waals surface area contributed by atoms with Gasteiger partial charge in [0, 0.05) is 7.11 Å². The van der Waals surface area contributed by atoms with Crippen LogP contribution in [0.4, 0.5) is 4.79 Å². The number of carbonyl (C=O) groups is 3. The zero-order valence-electron chi connectivity index (χ0n) is 10.8. The van der Waals surface area contributed by atoms with Gasteiger partial charge in [-0.2, -0.15) is 0 Å². The molecule has 0 radical (unpaired) electrons. The van der Waals surface area contributed by atoms with Gasteiger partial charge in [0.15, 0.2) is 0 Å². The lowest BCUT2D eigenvalue weighted by Crippen LogP contribution is -2.68. The monoisotopic (exact) mass is 242 g/mol. The molecule has 0 aromatic heterocycles. The molecule has 1 fully saturated rings. The second-order valence-electron chi connectivity index (χ2n) is 5.27. The van der Waals surface area contributed by atoms with E-state index in [9.17, 15) is 14.4 Å². The molecule has 0 aliphatic carbocycles. The Morgan fingerprint density at radius 2 is 1.82 bits per heavy atom. The highest BCUT2D eigenvalue weighted by atomic mass is 16.5. The summed E-state index contributed by atoms with van der Waals surface area (Å²) < 4.78 is 4.99. The van der Waals surface area contributed by atoms with Crippen LogP contribution in [0.25, 0.3) is 0 Å². The van der Waals surface area contributed by atoms with Crippen LogP contribution in [0.15, 0.2) is 0 Å². The Labute approximate surface area is 100 Å². The van der Waals surface area contributed by atoms with Crippen LogP contribution in [-0.2, 0) is 14.3 Å². The first kappa shape index (κ1) is 13.6. The second-order valence-corrected chi connectivity index (χ2v) is 5.27. The molecule has 0 atom stereocenters. The molecular formula is C11H18N2O4. The van der Waals surface area contributed by atoms with E-state index in [0.717, 1.165) is 4.90 Å². The molecule has 1 N–H and O–H groups in total. The van der Waals surface area contributed by atoms with Crippen LogP contribution in [0.1, 0.15) is 27.7 Å².